The second-order valence-corrected chi connectivity index (χ2v) is 7.79. The van der Waals surface area contributed by atoms with Gasteiger partial charge in [-0.2, -0.15) is 0 Å². The van der Waals surface area contributed by atoms with Gasteiger partial charge in [-0.05, 0) is 0 Å². The van der Waals surface area contributed by atoms with Crippen LogP contribution in [0.1, 0.15) is 0 Å². The van der Waals surface area contributed by atoms with Gasteiger partial charge in [0.05, 0.1) is 0 Å². The van der Waals surface area contributed by atoms with Crippen LogP contribution in [0, 0.1) is 0 Å². The molecule has 0 N–H and O–H groups in total. The van der Waals surface area contributed by atoms with Crippen molar-refractivity contribution in [3.8, 4) is 0 Å². The third kappa shape index (κ3) is 2.92. The molecule has 12 heavy (non-hydrogen) atoms. The second-order valence-electron chi connectivity index (χ2n) is 2.25. The van der Waals surface area contributed by atoms with E-state index in [1.165, 1.54) is 0 Å². The zero-order valence-electron chi connectivity index (χ0n) is 7.46. The van der Waals surface area contributed by atoms with Crippen LogP contribution < -0.4 is 13.4 Å². The van der Waals surface area contributed by atoms with E-state index >= 15 is 0 Å². The molecular weight excluding hydrogens is 345 g/mol. The Kier molecular flexibility index (Phi) is 4.97. The molecular formula is C9H12Se3. The van der Waals surface area contributed by atoms with Crippen molar-refractivity contribution in [2.24, 2.45) is 0 Å². The SMILES string of the molecule is C[Se]c1cc([Se]C)cc([Se]C)c1. The van der Waals surface area contributed by atoms with Gasteiger partial charge in [0.1, 0.15) is 0 Å². The monoisotopic (exact) mass is 360 g/mol. The van der Waals surface area contributed by atoms with Crippen LogP contribution in [-0.4, -0.2) is 44.9 Å². The van der Waals surface area contributed by atoms with E-state index in [4.69, 9.17) is 0 Å². The minimum atomic E-state index is 0.668. The van der Waals surface area contributed by atoms with Crippen molar-refractivity contribution in [1.82, 2.24) is 0 Å². The molecule has 0 spiro atoms. The fraction of sp³-hybridized carbons (Fsp3) is 0.333. The van der Waals surface area contributed by atoms with Crippen molar-refractivity contribution >= 4 is 58.3 Å². The number of hydrogen-bond acceptors (Lipinski definition) is 0. The fourth-order valence-electron chi connectivity index (χ4n) is 0.899. The van der Waals surface area contributed by atoms with Crippen LogP contribution in [-0.2, 0) is 0 Å². The summed E-state index contributed by atoms with van der Waals surface area (Å²) in [6, 6.07) is 7.15. The van der Waals surface area contributed by atoms with Gasteiger partial charge in [0.2, 0.25) is 0 Å². The molecule has 0 unspecified atom stereocenters. The van der Waals surface area contributed by atoms with Crippen LogP contribution in [0.2, 0.25) is 17.5 Å². The van der Waals surface area contributed by atoms with E-state index in [1.807, 2.05) is 0 Å². The minimum absolute atomic E-state index is 0.668. The van der Waals surface area contributed by atoms with Crippen LogP contribution in [0.25, 0.3) is 0 Å². The quantitative estimate of drug-likeness (QED) is 0.659. The van der Waals surface area contributed by atoms with E-state index in [9.17, 15) is 0 Å². The molecule has 1 aromatic rings. The van der Waals surface area contributed by atoms with Crippen molar-refractivity contribution < 1.29 is 0 Å². The Morgan fingerprint density at radius 1 is 0.667 bits per heavy atom. The first-order valence-corrected chi connectivity index (χ1v) is 11.3. The molecule has 0 heterocycles. The first kappa shape index (κ1) is 10.9. The number of rotatable bonds is 3. The van der Waals surface area contributed by atoms with Crippen LogP contribution in [0.4, 0.5) is 0 Å². The molecule has 0 aliphatic heterocycles. The molecule has 1 rings (SSSR count). The average molecular weight is 357 g/mol. The molecule has 0 nitrogen and oxygen atoms in total. The molecule has 66 valence electrons. The van der Waals surface area contributed by atoms with Crippen LogP contribution in [0.3, 0.4) is 0 Å². The summed E-state index contributed by atoms with van der Waals surface area (Å²) in [5, 5.41) is 0. The molecule has 0 saturated carbocycles. The van der Waals surface area contributed by atoms with Crippen LogP contribution in [0.5, 0.6) is 0 Å². The van der Waals surface area contributed by atoms with Gasteiger partial charge < -0.3 is 0 Å². The van der Waals surface area contributed by atoms with Crippen molar-refractivity contribution in [2.75, 3.05) is 0 Å². The molecule has 3 heteroatoms. The Balaban J connectivity index is 3.01. The molecule has 1 aromatic carbocycles. The summed E-state index contributed by atoms with van der Waals surface area (Å²) in [6.45, 7) is 0. The van der Waals surface area contributed by atoms with Gasteiger partial charge in [0.25, 0.3) is 0 Å². The van der Waals surface area contributed by atoms with Gasteiger partial charge in [-0.1, -0.05) is 0 Å². The Labute approximate surface area is 93.4 Å². The first-order chi connectivity index (χ1) is 5.80. The number of hydrogen-bond donors (Lipinski definition) is 0. The molecule has 0 aromatic heterocycles. The van der Waals surface area contributed by atoms with E-state index in [1.54, 1.807) is 13.4 Å². The zero-order chi connectivity index (χ0) is 8.97. The second kappa shape index (κ2) is 5.50. The van der Waals surface area contributed by atoms with Crippen LogP contribution in [0.15, 0.2) is 18.2 Å². The first-order valence-electron chi connectivity index (χ1n) is 3.57. The van der Waals surface area contributed by atoms with Gasteiger partial charge >= 0.3 is 93.9 Å². The van der Waals surface area contributed by atoms with E-state index in [-0.39, 0.29) is 0 Å². The van der Waals surface area contributed by atoms with E-state index in [2.05, 4.69) is 35.7 Å². The zero-order valence-corrected chi connectivity index (χ0v) is 12.6. The normalized spacial score (nSPS) is 10.2. The van der Waals surface area contributed by atoms with Crippen molar-refractivity contribution in [3.05, 3.63) is 18.2 Å². The molecule has 0 fully saturated rings. The molecule has 0 bridgehead atoms. The van der Waals surface area contributed by atoms with E-state index < -0.39 is 0 Å². The summed E-state index contributed by atoms with van der Waals surface area (Å²) < 4.78 is 4.72. The van der Waals surface area contributed by atoms with Gasteiger partial charge in [-0.3, -0.25) is 0 Å². The van der Waals surface area contributed by atoms with Crippen molar-refractivity contribution in [2.45, 2.75) is 17.5 Å². The maximum absolute atomic E-state index is 2.38. The predicted octanol–water partition coefficient (Wildman–Crippen LogP) is -0.181. The average Bonchev–Trinajstić information content (AvgIpc) is 2.16. The molecule has 0 amide bonds. The molecule has 0 radical (unpaired) electrons. The third-order valence-corrected chi connectivity index (χ3v) is 6.01. The van der Waals surface area contributed by atoms with Gasteiger partial charge in [-0.15, -0.1) is 0 Å². The van der Waals surface area contributed by atoms with E-state index in [0.29, 0.717) is 44.9 Å². The van der Waals surface area contributed by atoms with Crippen LogP contribution >= 0.6 is 0 Å². The Morgan fingerprint density at radius 2 is 0.917 bits per heavy atom. The van der Waals surface area contributed by atoms with Gasteiger partial charge in [0.15, 0.2) is 0 Å². The molecule has 0 saturated heterocycles. The standard InChI is InChI=1S/C9H12Se3/c1-10-7-4-8(11-2)6-9(5-7)12-3/h4-6H,1-3H3. The van der Waals surface area contributed by atoms with Gasteiger partial charge in [0, 0.05) is 0 Å². The molecule has 0 aliphatic carbocycles. The summed E-state index contributed by atoms with van der Waals surface area (Å²) >= 11 is 2.00. The summed E-state index contributed by atoms with van der Waals surface area (Å²) in [5.41, 5.74) is 0. The Hall–Kier alpha value is 0.778. The van der Waals surface area contributed by atoms with E-state index in [0.717, 1.165) is 0 Å². The topological polar surface area (TPSA) is 0 Å². The van der Waals surface area contributed by atoms with Gasteiger partial charge in [-0.25, -0.2) is 0 Å². The summed E-state index contributed by atoms with van der Waals surface area (Å²) in [5.74, 6) is 6.88. The predicted molar refractivity (Wildman–Crippen MR) is 60.2 cm³/mol. The molecule has 0 aliphatic rings. The summed E-state index contributed by atoms with van der Waals surface area (Å²) in [4.78, 5) is 0. The maximum atomic E-state index is 2.38. The fourth-order valence-corrected chi connectivity index (χ4v) is 5.12. The Morgan fingerprint density at radius 3 is 1.08 bits per heavy atom. The van der Waals surface area contributed by atoms with Crippen molar-refractivity contribution in [3.63, 3.8) is 0 Å². The third-order valence-electron chi connectivity index (χ3n) is 1.56. The number of benzene rings is 1. The Bertz CT molecular complexity index is 203. The summed E-state index contributed by atoms with van der Waals surface area (Å²) in [6.07, 6.45) is 0. The molecule has 0 atom stereocenters. The summed E-state index contributed by atoms with van der Waals surface area (Å²) in [7, 11) is 0. The van der Waals surface area contributed by atoms with Crippen molar-refractivity contribution in [1.29, 1.82) is 0 Å².